The van der Waals surface area contributed by atoms with Gasteiger partial charge in [0.2, 0.25) is 0 Å². The molecule has 0 aromatic heterocycles. The van der Waals surface area contributed by atoms with Gasteiger partial charge in [-0.2, -0.15) is 0 Å². The van der Waals surface area contributed by atoms with Crippen LogP contribution in [0.4, 0.5) is 0 Å². The summed E-state index contributed by atoms with van der Waals surface area (Å²) < 4.78 is 61.4. The van der Waals surface area contributed by atoms with Crippen molar-refractivity contribution in [2.45, 2.75) is 399 Å². The van der Waals surface area contributed by atoms with Gasteiger partial charge in [0.25, 0.3) is 0 Å². The summed E-state index contributed by atoms with van der Waals surface area (Å²) in [6.07, 6.45) is 109. The first-order chi connectivity index (χ1) is 55.2. The molecule has 0 aromatic rings. The maximum atomic E-state index is 13.0. The highest BCUT2D eigenvalue weighted by Gasteiger charge is 2.29. The molecule has 5 atom stereocenters. The van der Waals surface area contributed by atoms with Crippen molar-refractivity contribution in [3.8, 4) is 0 Å². The van der Waals surface area contributed by atoms with Crippen molar-refractivity contribution in [1.82, 2.24) is 0 Å². The summed E-state index contributed by atoms with van der Waals surface area (Å²) >= 11 is 0. The second-order valence-corrected chi connectivity index (χ2v) is 32.9. The standard InChI is InChI=1S/C95H164O16P2/c1-4-7-10-13-16-19-22-25-28-31-34-36-38-40-42-43-44-45-47-49-50-52-55-57-60-63-66-69-72-75-78-81-93(98)105-84-90(96)85-107-112(101,102)108-86-91(97)87-109-113(103,104)110-89-92(111-95(100)83-80-77-74-71-68-65-62-59-54-33-30-27-24-21-18-15-12-9-6-3)88-106-94(99)82-79-76-73-70-67-64-61-58-56-53-51-48-46-41-39-37-35-32-29-26-23-20-17-14-11-8-5-2/h7,10,16-21,25-30,34-37,40-42,46,54,59,90-92,96-97H,4-6,8-9,11-15,22-24,31-33,38-39,43-45,47-53,55-58,60-89H2,1-3H3,(H,101,102)(H,103,104)/b10-7-,19-16-,20-17-,21-18-,28-25-,29-26-,30-27-,36-34-,37-35-,42-40-,46-41-,59-54-. The van der Waals surface area contributed by atoms with Crippen molar-refractivity contribution in [1.29, 1.82) is 0 Å². The molecule has 0 saturated carbocycles. The molecular weight excluding hydrogens is 1460 g/mol. The first kappa shape index (κ1) is 108. The highest BCUT2D eigenvalue weighted by atomic mass is 31.2. The minimum absolute atomic E-state index is 0.0874. The number of phosphoric ester groups is 2. The molecule has 0 amide bonds. The van der Waals surface area contributed by atoms with Gasteiger partial charge in [0, 0.05) is 19.3 Å². The largest absolute Gasteiger partial charge is 0.472 e. The van der Waals surface area contributed by atoms with Crippen LogP contribution < -0.4 is 0 Å². The Bertz CT molecular complexity index is 2630. The minimum atomic E-state index is -4.94. The third kappa shape index (κ3) is 88.1. The lowest BCUT2D eigenvalue weighted by atomic mass is 10.0. The van der Waals surface area contributed by atoms with Crippen LogP contribution in [0.25, 0.3) is 0 Å². The summed E-state index contributed by atoms with van der Waals surface area (Å²) in [4.78, 5) is 58.9. The quantitative estimate of drug-likeness (QED) is 0.0146. The number of esters is 3. The topological polar surface area (TPSA) is 231 Å². The van der Waals surface area contributed by atoms with Crippen LogP contribution in [0.15, 0.2) is 146 Å². The van der Waals surface area contributed by atoms with E-state index in [1.807, 2.05) is 0 Å². The van der Waals surface area contributed by atoms with Gasteiger partial charge >= 0.3 is 33.6 Å². The molecule has 5 unspecified atom stereocenters. The number of allylic oxidation sites excluding steroid dienone is 24. The van der Waals surface area contributed by atoms with Gasteiger partial charge in [0.05, 0.1) is 26.4 Å². The summed E-state index contributed by atoms with van der Waals surface area (Å²) in [6, 6.07) is 0. The van der Waals surface area contributed by atoms with Crippen LogP contribution in [-0.2, 0) is 55.8 Å². The van der Waals surface area contributed by atoms with E-state index in [-0.39, 0.29) is 19.3 Å². The molecule has 0 saturated heterocycles. The Hall–Kier alpha value is -4.57. The van der Waals surface area contributed by atoms with Crippen LogP contribution in [0.5, 0.6) is 0 Å². The van der Waals surface area contributed by atoms with E-state index in [1.165, 1.54) is 161 Å². The SMILES string of the molecule is CC/C=C\C/C=C\C/C=C\C/C=C\C/C=C\CCCCCCCCCCCCCCCCCC(=O)OCC(O)COP(=O)(O)OCC(O)COP(=O)(O)OCC(COC(=O)CCCCCCCCCCCCC/C=C\C/C=C\C/C=C\C/C=C\CCCCC)OC(=O)CCCCCCCC/C=C\C/C=C\C/C=C\CCCCC. The molecular formula is C95H164O16P2. The number of hydrogen-bond donors (Lipinski definition) is 4. The molecule has 0 aromatic carbocycles. The van der Waals surface area contributed by atoms with E-state index in [0.717, 1.165) is 161 Å². The lowest BCUT2D eigenvalue weighted by Gasteiger charge is -2.21. The second kappa shape index (κ2) is 86.8. The van der Waals surface area contributed by atoms with E-state index < -0.39 is 91.5 Å². The third-order valence-electron chi connectivity index (χ3n) is 19.0. The van der Waals surface area contributed by atoms with Gasteiger partial charge < -0.3 is 34.2 Å². The van der Waals surface area contributed by atoms with Gasteiger partial charge in [-0.25, -0.2) is 9.13 Å². The fourth-order valence-electron chi connectivity index (χ4n) is 12.2. The summed E-state index contributed by atoms with van der Waals surface area (Å²) in [5.74, 6) is -1.58. The fourth-order valence-corrected chi connectivity index (χ4v) is 13.8. The van der Waals surface area contributed by atoms with Gasteiger partial charge in [0.1, 0.15) is 25.4 Å². The Morgan fingerprint density at radius 1 is 0.257 bits per heavy atom. The van der Waals surface area contributed by atoms with E-state index in [0.29, 0.717) is 19.3 Å². The molecule has 113 heavy (non-hydrogen) atoms. The molecule has 16 nitrogen and oxygen atoms in total. The van der Waals surface area contributed by atoms with Gasteiger partial charge in [-0.15, -0.1) is 0 Å². The molecule has 0 rings (SSSR count). The second-order valence-electron chi connectivity index (χ2n) is 30.0. The molecule has 0 aliphatic rings. The Morgan fingerprint density at radius 3 is 0.743 bits per heavy atom. The van der Waals surface area contributed by atoms with Crippen molar-refractivity contribution in [2.24, 2.45) is 0 Å². The average molecular weight is 1620 g/mol. The maximum Gasteiger partial charge on any atom is 0.472 e. The van der Waals surface area contributed by atoms with Gasteiger partial charge in [-0.1, -0.05) is 359 Å². The van der Waals surface area contributed by atoms with Crippen LogP contribution in [0, 0.1) is 0 Å². The molecule has 0 bridgehead atoms. The maximum absolute atomic E-state index is 13.0. The van der Waals surface area contributed by atoms with Crippen molar-refractivity contribution in [3.63, 3.8) is 0 Å². The molecule has 18 heteroatoms. The number of ether oxygens (including phenoxy) is 3. The summed E-state index contributed by atoms with van der Waals surface area (Å²) in [7, 11) is -9.81. The number of unbranched alkanes of at least 4 members (excludes halogenated alkanes) is 38. The Morgan fingerprint density at radius 2 is 0.469 bits per heavy atom. The van der Waals surface area contributed by atoms with Gasteiger partial charge in [-0.05, 0) is 148 Å². The van der Waals surface area contributed by atoms with Crippen LogP contribution in [0.3, 0.4) is 0 Å². The minimum Gasteiger partial charge on any atom is -0.463 e. The number of carbonyl (C=O) groups is 3. The first-order valence-corrected chi connectivity index (χ1v) is 48.1. The van der Waals surface area contributed by atoms with Crippen LogP contribution in [0.2, 0.25) is 0 Å². The molecule has 0 aliphatic heterocycles. The zero-order valence-electron chi connectivity index (χ0n) is 71.5. The molecule has 4 N–H and O–H groups in total. The van der Waals surface area contributed by atoms with E-state index >= 15 is 0 Å². The van der Waals surface area contributed by atoms with Crippen LogP contribution >= 0.6 is 15.6 Å². The van der Waals surface area contributed by atoms with E-state index in [2.05, 4.69) is 167 Å². The number of rotatable bonds is 85. The molecule has 0 heterocycles. The fraction of sp³-hybridized carbons (Fsp3) is 0.716. The summed E-state index contributed by atoms with van der Waals surface area (Å²) in [6.45, 7) is 2.54. The van der Waals surface area contributed by atoms with Gasteiger partial charge in [0.15, 0.2) is 6.10 Å². The Balaban J connectivity index is 4.57. The van der Waals surface area contributed by atoms with Crippen molar-refractivity contribution >= 4 is 33.6 Å². The molecule has 0 fully saturated rings. The highest BCUT2D eigenvalue weighted by molar-refractivity contribution is 7.47. The zero-order chi connectivity index (χ0) is 82.2. The van der Waals surface area contributed by atoms with Crippen LogP contribution in [0.1, 0.15) is 380 Å². The summed E-state index contributed by atoms with van der Waals surface area (Å²) in [5, 5.41) is 20.7. The number of carbonyl (C=O) groups excluding carboxylic acids is 3. The summed E-state index contributed by atoms with van der Waals surface area (Å²) in [5.41, 5.74) is 0. The normalized spacial score (nSPS) is 14.5. The van der Waals surface area contributed by atoms with Crippen LogP contribution in [-0.4, -0.2) is 95.9 Å². The molecule has 0 spiro atoms. The highest BCUT2D eigenvalue weighted by Crippen LogP contribution is 2.45. The Labute approximate surface area is 689 Å². The van der Waals surface area contributed by atoms with E-state index in [9.17, 15) is 43.5 Å². The van der Waals surface area contributed by atoms with E-state index in [1.54, 1.807) is 0 Å². The molecule has 650 valence electrons. The zero-order valence-corrected chi connectivity index (χ0v) is 73.3. The predicted molar refractivity (Wildman–Crippen MR) is 473 cm³/mol. The predicted octanol–water partition coefficient (Wildman–Crippen LogP) is 27.6. The van der Waals surface area contributed by atoms with Gasteiger partial charge in [-0.3, -0.25) is 32.5 Å². The number of hydrogen-bond acceptors (Lipinski definition) is 14. The van der Waals surface area contributed by atoms with E-state index in [4.69, 9.17) is 32.3 Å². The monoisotopic (exact) mass is 1620 g/mol. The number of aliphatic hydroxyl groups excluding tert-OH is 2. The van der Waals surface area contributed by atoms with Crippen molar-refractivity contribution < 1.29 is 75.8 Å². The number of phosphoric acid groups is 2. The molecule has 0 radical (unpaired) electrons. The average Bonchev–Trinajstić information content (AvgIpc) is 0.899. The van der Waals surface area contributed by atoms with Crippen molar-refractivity contribution in [3.05, 3.63) is 146 Å². The third-order valence-corrected chi connectivity index (χ3v) is 20.9. The number of aliphatic hydroxyl groups is 2. The lowest BCUT2D eigenvalue weighted by molar-refractivity contribution is -0.161. The molecule has 0 aliphatic carbocycles. The first-order valence-electron chi connectivity index (χ1n) is 45.1. The van der Waals surface area contributed by atoms with Crippen molar-refractivity contribution in [2.75, 3.05) is 39.6 Å². The smallest absolute Gasteiger partial charge is 0.463 e. The lowest BCUT2D eigenvalue weighted by Crippen LogP contribution is -2.30. The Kier molecular flexibility index (Phi) is 83.3.